The number of aromatic nitrogens is 4. The smallest absolute Gasteiger partial charge is 0.251 e. The van der Waals surface area contributed by atoms with Gasteiger partial charge in [-0.2, -0.15) is 0 Å². The van der Waals surface area contributed by atoms with Crippen molar-refractivity contribution in [2.45, 2.75) is 25.9 Å². The number of carbonyl (C=O) groups is 1. The predicted octanol–water partition coefficient (Wildman–Crippen LogP) is 4.44. The molecule has 0 aliphatic heterocycles. The Balaban J connectivity index is 1.60. The molecule has 7 nitrogen and oxygen atoms in total. The van der Waals surface area contributed by atoms with Gasteiger partial charge in [-0.05, 0) is 49.7 Å². The van der Waals surface area contributed by atoms with Gasteiger partial charge in [0.1, 0.15) is 11.5 Å². The molecule has 1 amide bonds. The summed E-state index contributed by atoms with van der Waals surface area (Å²) in [5.41, 5.74) is 10.3. The predicted molar refractivity (Wildman–Crippen MR) is 131 cm³/mol. The summed E-state index contributed by atoms with van der Waals surface area (Å²) in [5.74, 6) is -0.674. The number of nitrogens with zero attached hydrogens (tertiary/aromatic N) is 3. The molecule has 4 N–H and O–H groups in total. The van der Waals surface area contributed by atoms with Crippen LogP contribution in [0.1, 0.15) is 24.2 Å². The molecular weight excluding hydrogens is 431 g/mol. The van der Waals surface area contributed by atoms with Crippen LogP contribution in [0.4, 0.5) is 4.39 Å². The summed E-state index contributed by atoms with van der Waals surface area (Å²) in [4.78, 5) is 28.7. The summed E-state index contributed by atoms with van der Waals surface area (Å²) >= 11 is 0. The number of H-pyrrole nitrogens is 1. The molecule has 0 aliphatic rings. The maximum atomic E-state index is 15.2. The Labute approximate surface area is 195 Å². The highest BCUT2D eigenvalue weighted by Gasteiger charge is 2.18. The number of nitrogens with one attached hydrogen (secondary N) is 2. The Bertz CT molecular complexity index is 1500. The van der Waals surface area contributed by atoms with Gasteiger partial charge in [0.2, 0.25) is 0 Å². The van der Waals surface area contributed by atoms with Gasteiger partial charge in [0, 0.05) is 51.9 Å². The third-order valence-electron chi connectivity index (χ3n) is 6.00. The molecule has 0 radical (unpaired) electrons. The Morgan fingerprint density at radius 1 is 1.06 bits per heavy atom. The fourth-order valence-electron chi connectivity index (χ4n) is 3.90. The standard InChI is InChI=1S/C26H23FN6O/c1-14(28)15(2)32-26(34)17-7-5-16(6-8-17)23-20(27)12-31-25-24(23)19-10-21(30-13-22(19)33-25)18-4-3-9-29-11-18/h3-15H,28H2,1-2H3,(H,31,33)(H,32,34). The van der Waals surface area contributed by atoms with Crippen LogP contribution in [0.5, 0.6) is 0 Å². The van der Waals surface area contributed by atoms with Crippen LogP contribution in [0.2, 0.25) is 0 Å². The van der Waals surface area contributed by atoms with Crippen molar-refractivity contribution >= 4 is 27.8 Å². The van der Waals surface area contributed by atoms with E-state index in [9.17, 15) is 4.79 Å². The van der Waals surface area contributed by atoms with E-state index in [1.807, 2.05) is 32.0 Å². The van der Waals surface area contributed by atoms with Gasteiger partial charge in [-0.3, -0.25) is 14.8 Å². The van der Waals surface area contributed by atoms with Crippen LogP contribution in [0, 0.1) is 5.82 Å². The summed E-state index contributed by atoms with van der Waals surface area (Å²) in [6, 6.07) is 12.2. The number of benzene rings is 1. The van der Waals surface area contributed by atoms with E-state index in [-0.39, 0.29) is 18.0 Å². The van der Waals surface area contributed by atoms with Crippen LogP contribution in [0.25, 0.3) is 44.3 Å². The van der Waals surface area contributed by atoms with Crippen molar-refractivity contribution in [1.29, 1.82) is 0 Å². The Hall–Kier alpha value is -4.17. The first kappa shape index (κ1) is 21.7. The highest BCUT2D eigenvalue weighted by Crippen LogP contribution is 2.36. The number of rotatable bonds is 5. The van der Waals surface area contributed by atoms with Crippen molar-refractivity contribution < 1.29 is 9.18 Å². The van der Waals surface area contributed by atoms with Crippen molar-refractivity contribution in [3.8, 4) is 22.4 Å². The third kappa shape index (κ3) is 3.88. The number of pyridine rings is 3. The number of amides is 1. The zero-order valence-electron chi connectivity index (χ0n) is 18.7. The maximum absolute atomic E-state index is 15.2. The van der Waals surface area contributed by atoms with E-state index in [1.165, 1.54) is 6.20 Å². The Morgan fingerprint density at radius 2 is 1.85 bits per heavy atom. The second-order valence-electron chi connectivity index (χ2n) is 8.39. The first-order valence-corrected chi connectivity index (χ1v) is 11.0. The molecule has 0 aliphatic carbocycles. The fraction of sp³-hybridized carbons (Fsp3) is 0.154. The second kappa shape index (κ2) is 8.64. The zero-order valence-corrected chi connectivity index (χ0v) is 18.7. The molecular formula is C26H23FN6O. The van der Waals surface area contributed by atoms with Gasteiger partial charge in [0.25, 0.3) is 5.91 Å². The van der Waals surface area contributed by atoms with E-state index in [0.717, 1.165) is 22.2 Å². The minimum absolute atomic E-state index is 0.168. The van der Waals surface area contributed by atoms with E-state index in [1.54, 1.807) is 42.9 Å². The summed E-state index contributed by atoms with van der Waals surface area (Å²) in [7, 11) is 0. The van der Waals surface area contributed by atoms with Crippen LogP contribution < -0.4 is 11.1 Å². The van der Waals surface area contributed by atoms with Gasteiger partial charge in [-0.25, -0.2) is 9.37 Å². The molecule has 34 heavy (non-hydrogen) atoms. The summed E-state index contributed by atoms with van der Waals surface area (Å²) in [5, 5.41) is 4.33. The van der Waals surface area contributed by atoms with Gasteiger partial charge in [-0.15, -0.1) is 0 Å². The minimum atomic E-state index is -0.448. The zero-order chi connectivity index (χ0) is 23.8. The number of carbonyl (C=O) groups excluding carboxylic acids is 1. The van der Waals surface area contributed by atoms with Crippen LogP contribution in [0.15, 0.2) is 67.3 Å². The lowest BCUT2D eigenvalue weighted by Crippen LogP contribution is -2.43. The van der Waals surface area contributed by atoms with Crippen LogP contribution in [-0.2, 0) is 0 Å². The normalized spacial score (nSPS) is 13.2. The highest BCUT2D eigenvalue weighted by atomic mass is 19.1. The van der Waals surface area contributed by atoms with Gasteiger partial charge in [-0.1, -0.05) is 12.1 Å². The molecule has 8 heteroatoms. The number of hydrogen-bond acceptors (Lipinski definition) is 5. The number of hydrogen-bond donors (Lipinski definition) is 3. The Morgan fingerprint density at radius 3 is 2.56 bits per heavy atom. The molecule has 5 aromatic rings. The second-order valence-corrected chi connectivity index (χ2v) is 8.39. The average molecular weight is 455 g/mol. The first-order chi connectivity index (χ1) is 16.4. The fourth-order valence-corrected chi connectivity index (χ4v) is 3.90. The van der Waals surface area contributed by atoms with Crippen LogP contribution >= 0.6 is 0 Å². The van der Waals surface area contributed by atoms with Crippen molar-refractivity contribution in [3.05, 3.63) is 78.6 Å². The Kier molecular flexibility index (Phi) is 5.51. The minimum Gasteiger partial charge on any atom is -0.348 e. The number of halogens is 1. The lowest BCUT2D eigenvalue weighted by Gasteiger charge is -2.17. The molecule has 0 saturated heterocycles. The lowest BCUT2D eigenvalue weighted by molar-refractivity contribution is 0.0936. The SMILES string of the molecule is CC(N)C(C)NC(=O)c1ccc(-c2c(F)cnc3[nH]c4cnc(-c5cccnc5)cc4c23)cc1. The molecule has 2 atom stereocenters. The average Bonchev–Trinajstić information content (AvgIpc) is 3.22. The number of aromatic amines is 1. The molecule has 0 spiro atoms. The maximum Gasteiger partial charge on any atom is 0.251 e. The van der Waals surface area contributed by atoms with Crippen molar-refractivity contribution in [3.63, 3.8) is 0 Å². The van der Waals surface area contributed by atoms with E-state index in [2.05, 4.69) is 25.3 Å². The number of nitrogens with two attached hydrogens (primary N) is 1. The van der Waals surface area contributed by atoms with Gasteiger partial charge in [0.15, 0.2) is 0 Å². The topological polar surface area (TPSA) is 110 Å². The van der Waals surface area contributed by atoms with E-state index in [4.69, 9.17) is 5.73 Å². The molecule has 5 rings (SSSR count). The molecule has 170 valence electrons. The molecule has 0 saturated carbocycles. The van der Waals surface area contributed by atoms with E-state index in [0.29, 0.717) is 27.7 Å². The third-order valence-corrected chi connectivity index (χ3v) is 6.00. The van der Waals surface area contributed by atoms with Crippen LogP contribution in [-0.4, -0.2) is 37.9 Å². The van der Waals surface area contributed by atoms with E-state index < -0.39 is 5.82 Å². The summed E-state index contributed by atoms with van der Waals surface area (Å²) < 4.78 is 15.2. The molecule has 0 bridgehead atoms. The van der Waals surface area contributed by atoms with Gasteiger partial charge in [0.05, 0.1) is 23.6 Å². The van der Waals surface area contributed by atoms with Gasteiger partial charge >= 0.3 is 0 Å². The number of fused-ring (bicyclic) bond motifs is 3. The molecule has 2 unspecified atom stereocenters. The lowest BCUT2D eigenvalue weighted by atomic mass is 9.99. The van der Waals surface area contributed by atoms with Crippen molar-refractivity contribution in [1.82, 2.24) is 25.3 Å². The molecule has 4 aromatic heterocycles. The highest BCUT2D eigenvalue weighted by molar-refractivity contribution is 6.13. The summed E-state index contributed by atoms with van der Waals surface area (Å²) in [6.07, 6.45) is 6.35. The molecule has 1 aromatic carbocycles. The van der Waals surface area contributed by atoms with E-state index >= 15 is 4.39 Å². The van der Waals surface area contributed by atoms with Crippen LogP contribution in [0.3, 0.4) is 0 Å². The quantitative estimate of drug-likeness (QED) is 0.364. The first-order valence-electron chi connectivity index (χ1n) is 11.0. The molecule has 0 fully saturated rings. The van der Waals surface area contributed by atoms with Crippen molar-refractivity contribution in [2.75, 3.05) is 0 Å². The largest absolute Gasteiger partial charge is 0.348 e. The van der Waals surface area contributed by atoms with Gasteiger partial charge < -0.3 is 16.0 Å². The monoisotopic (exact) mass is 454 g/mol. The molecule has 4 heterocycles. The van der Waals surface area contributed by atoms with Crippen molar-refractivity contribution in [2.24, 2.45) is 5.73 Å². The summed E-state index contributed by atoms with van der Waals surface area (Å²) in [6.45, 7) is 3.69.